The predicted molar refractivity (Wildman–Crippen MR) is 73.4 cm³/mol. The minimum absolute atomic E-state index is 0.0490. The quantitative estimate of drug-likeness (QED) is 0.889. The number of thiazole rings is 1. The van der Waals surface area contributed by atoms with E-state index < -0.39 is 11.4 Å². The number of carbonyl (C=O) groups is 2. The van der Waals surface area contributed by atoms with Crippen LogP contribution in [0.2, 0.25) is 0 Å². The standard InChI is InChI=1S/C13H18N2O3S/c1-13(2,11(17)18)7-10(16)15-12-14-8-5-3-4-6-9(8)19-12/h3-7H2,1-2H3,(H,17,18)(H,14,15,16). The molecule has 0 unspecified atom stereocenters. The highest BCUT2D eigenvalue weighted by atomic mass is 32.1. The van der Waals surface area contributed by atoms with Gasteiger partial charge in [-0.1, -0.05) is 0 Å². The summed E-state index contributed by atoms with van der Waals surface area (Å²) in [6.07, 6.45) is 4.28. The lowest BCUT2D eigenvalue weighted by Gasteiger charge is -2.17. The molecule has 0 bridgehead atoms. The minimum Gasteiger partial charge on any atom is -0.481 e. The molecule has 0 saturated carbocycles. The highest BCUT2D eigenvalue weighted by Gasteiger charge is 2.30. The first-order valence-electron chi connectivity index (χ1n) is 6.40. The molecular formula is C13H18N2O3S. The number of hydrogen-bond acceptors (Lipinski definition) is 4. The van der Waals surface area contributed by atoms with E-state index in [1.165, 1.54) is 22.6 Å². The molecule has 1 amide bonds. The molecule has 1 aromatic rings. The van der Waals surface area contributed by atoms with Gasteiger partial charge in [0.1, 0.15) is 0 Å². The summed E-state index contributed by atoms with van der Waals surface area (Å²) >= 11 is 1.51. The van der Waals surface area contributed by atoms with Crippen LogP contribution in [0.1, 0.15) is 43.7 Å². The largest absolute Gasteiger partial charge is 0.481 e. The number of fused-ring (bicyclic) bond motifs is 1. The smallest absolute Gasteiger partial charge is 0.309 e. The van der Waals surface area contributed by atoms with Crippen LogP contribution in [0, 0.1) is 5.41 Å². The molecule has 2 rings (SSSR count). The number of carboxylic acid groups (broad SMARTS) is 1. The number of aromatic nitrogens is 1. The molecule has 0 aromatic carbocycles. The molecule has 5 nitrogen and oxygen atoms in total. The van der Waals surface area contributed by atoms with Gasteiger partial charge in [-0.05, 0) is 39.5 Å². The van der Waals surface area contributed by atoms with Gasteiger partial charge in [0.15, 0.2) is 5.13 Å². The SMILES string of the molecule is CC(C)(CC(=O)Nc1nc2c(s1)CCCC2)C(=O)O. The predicted octanol–water partition coefficient (Wildman–Crippen LogP) is 2.46. The van der Waals surface area contributed by atoms with Crippen molar-refractivity contribution < 1.29 is 14.7 Å². The molecular weight excluding hydrogens is 264 g/mol. The second kappa shape index (κ2) is 5.28. The minimum atomic E-state index is -1.05. The molecule has 0 atom stereocenters. The van der Waals surface area contributed by atoms with Gasteiger partial charge in [0, 0.05) is 11.3 Å². The number of aliphatic carboxylic acids is 1. The van der Waals surface area contributed by atoms with Gasteiger partial charge < -0.3 is 10.4 Å². The lowest BCUT2D eigenvalue weighted by atomic mass is 9.89. The average Bonchev–Trinajstić information content (AvgIpc) is 2.69. The number of carboxylic acids is 1. The van der Waals surface area contributed by atoms with Crippen LogP contribution in [0.4, 0.5) is 5.13 Å². The third kappa shape index (κ3) is 3.32. The van der Waals surface area contributed by atoms with Crippen molar-refractivity contribution in [1.82, 2.24) is 4.98 Å². The Kier molecular flexibility index (Phi) is 3.89. The van der Waals surface area contributed by atoms with Crippen LogP contribution >= 0.6 is 11.3 Å². The van der Waals surface area contributed by atoms with E-state index in [1.807, 2.05) is 0 Å². The van der Waals surface area contributed by atoms with Crippen molar-refractivity contribution in [1.29, 1.82) is 0 Å². The molecule has 0 aliphatic heterocycles. The number of nitrogens with one attached hydrogen (secondary N) is 1. The average molecular weight is 282 g/mol. The molecule has 6 heteroatoms. The van der Waals surface area contributed by atoms with Crippen molar-refractivity contribution in [3.63, 3.8) is 0 Å². The monoisotopic (exact) mass is 282 g/mol. The lowest BCUT2D eigenvalue weighted by Crippen LogP contribution is -2.29. The van der Waals surface area contributed by atoms with E-state index >= 15 is 0 Å². The Hall–Kier alpha value is -1.43. The van der Waals surface area contributed by atoms with Gasteiger partial charge in [-0.2, -0.15) is 0 Å². The Morgan fingerprint density at radius 2 is 2.05 bits per heavy atom. The molecule has 1 aliphatic rings. The topological polar surface area (TPSA) is 79.3 Å². The van der Waals surface area contributed by atoms with E-state index in [-0.39, 0.29) is 12.3 Å². The number of nitrogens with zero attached hydrogens (tertiary/aromatic N) is 1. The maximum atomic E-state index is 11.8. The zero-order chi connectivity index (χ0) is 14.0. The molecule has 1 aliphatic carbocycles. The molecule has 1 aromatic heterocycles. The van der Waals surface area contributed by atoms with E-state index in [2.05, 4.69) is 10.3 Å². The summed E-state index contributed by atoms with van der Waals surface area (Å²) in [6, 6.07) is 0. The van der Waals surface area contributed by atoms with Crippen LogP contribution in [0.15, 0.2) is 0 Å². The van der Waals surface area contributed by atoms with Gasteiger partial charge in [-0.3, -0.25) is 9.59 Å². The van der Waals surface area contributed by atoms with E-state index in [0.717, 1.165) is 25.0 Å². The van der Waals surface area contributed by atoms with Crippen molar-refractivity contribution in [3.05, 3.63) is 10.6 Å². The van der Waals surface area contributed by atoms with Crippen LogP contribution in [0.25, 0.3) is 0 Å². The fourth-order valence-electron chi connectivity index (χ4n) is 2.05. The maximum absolute atomic E-state index is 11.8. The summed E-state index contributed by atoms with van der Waals surface area (Å²) in [6.45, 7) is 3.09. The molecule has 104 valence electrons. The highest BCUT2D eigenvalue weighted by Crippen LogP contribution is 2.30. The van der Waals surface area contributed by atoms with Crippen LogP contribution < -0.4 is 5.32 Å². The number of rotatable bonds is 4. The fourth-order valence-corrected chi connectivity index (χ4v) is 3.11. The van der Waals surface area contributed by atoms with Crippen LogP contribution in [-0.2, 0) is 22.4 Å². The molecule has 0 radical (unpaired) electrons. The Bertz CT molecular complexity index is 484. The van der Waals surface area contributed by atoms with Crippen LogP contribution in [0.3, 0.4) is 0 Å². The third-order valence-corrected chi connectivity index (χ3v) is 4.35. The Labute approximate surface area is 116 Å². The lowest BCUT2D eigenvalue weighted by molar-refractivity contribution is -0.148. The van der Waals surface area contributed by atoms with Gasteiger partial charge in [0.2, 0.25) is 5.91 Å². The third-order valence-electron chi connectivity index (χ3n) is 3.27. The van der Waals surface area contributed by atoms with Gasteiger partial charge in [0.05, 0.1) is 11.1 Å². The summed E-state index contributed by atoms with van der Waals surface area (Å²) in [5.74, 6) is -1.26. The van der Waals surface area contributed by atoms with E-state index in [0.29, 0.717) is 5.13 Å². The molecule has 2 N–H and O–H groups in total. The normalized spacial score (nSPS) is 14.8. The Balaban J connectivity index is 1.99. The van der Waals surface area contributed by atoms with Crippen LogP contribution in [-0.4, -0.2) is 22.0 Å². The second-order valence-corrected chi connectivity index (χ2v) is 6.59. The highest BCUT2D eigenvalue weighted by molar-refractivity contribution is 7.15. The first-order chi connectivity index (χ1) is 8.88. The number of amides is 1. The molecule has 1 heterocycles. The molecule has 0 fully saturated rings. The molecule has 0 saturated heterocycles. The molecule has 19 heavy (non-hydrogen) atoms. The second-order valence-electron chi connectivity index (χ2n) is 5.51. The van der Waals surface area contributed by atoms with Gasteiger partial charge >= 0.3 is 5.97 Å². The zero-order valence-corrected chi connectivity index (χ0v) is 12.0. The van der Waals surface area contributed by atoms with E-state index in [4.69, 9.17) is 5.11 Å². The van der Waals surface area contributed by atoms with E-state index in [1.54, 1.807) is 13.8 Å². The van der Waals surface area contributed by atoms with Crippen molar-refractivity contribution in [2.24, 2.45) is 5.41 Å². The summed E-state index contributed by atoms with van der Waals surface area (Å²) < 4.78 is 0. The van der Waals surface area contributed by atoms with Crippen molar-refractivity contribution in [2.75, 3.05) is 5.32 Å². The zero-order valence-electron chi connectivity index (χ0n) is 11.2. The van der Waals surface area contributed by atoms with E-state index in [9.17, 15) is 9.59 Å². The Morgan fingerprint density at radius 3 is 2.68 bits per heavy atom. The fraction of sp³-hybridized carbons (Fsp3) is 0.615. The summed E-state index contributed by atoms with van der Waals surface area (Å²) in [7, 11) is 0. The summed E-state index contributed by atoms with van der Waals surface area (Å²) in [5, 5.41) is 12.3. The first-order valence-corrected chi connectivity index (χ1v) is 7.22. The van der Waals surface area contributed by atoms with Crippen molar-refractivity contribution in [2.45, 2.75) is 46.0 Å². The summed E-state index contributed by atoms with van der Waals surface area (Å²) in [4.78, 5) is 28.5. The van der Waals surface area contributed by atoms with Crippen LogP contribution in [0.5, 0.6) is 0 Å². The van der Waals surface area contributed by atoms with Gasteiger partial charge in [-0.15, -0.1) is 11.3 Å². The van der Waals surface area contributed by atoms with Crippen molar-refractivity contribution >= 4 is 28.3 Å². The van der Waals surface area contributed by atoms with Crippen molar-refractivity contribution in [3.8, 4) is 0 Å². The molecule has 0 spiro atoms. The van der Waals surface area contributed by atoms with Gasteiger partial charge in [0.25, 0.3) is 0 Å². The number of anilines is 1. The number of hydrogen-bond donors (Lipinski definition) is 2. The number of carbonyl (C=O) groups excluding carboxylic acids is 1. The number of aryl methyl sites for hydroxylation is 2. The Morgan fingerprint density at radius 1 is 1.37 bits per heavy atom. The maximum Gasteiger partial charge on any atom is 0.309 e. The first kappa shape index (κ1) is 14.0. The van der Waals surface area contributed by atoms with Gasteiger partial charge in [-0.25, -0.2) is 4.98 Å². The summed E-state index contributed by atoms with van der Waals surface area (Å²) in [5.41, 5.74) is 0.0325.